The number of carbonyl (C=O) groups is 3. The van der Waals surface area contributed by atoms with Crippen molar-refractivity contribution in [2.45, 2.75) is 10.1 Å². The standard InChI is InChI=1S/C28H26N4O4S2/c1-31-12-14-32(15-13-31)26(34)22-5-3-2-4-21(22)25(33)29-20-10-11-23-24(16-20)38-28(30-23)37-17-18-6-8-19(9-7-18)27(35)36/h2-11,16H,12-15,17H2,1H3,(H,29,33)(H,35,36). The zero-order chi connectivity index (χ0) is 26.6. The summed E-state index contributed by atoms with van der Waals surface area (Å²) in [6.07, 6.45) is 0. The Morgan fingerprint density at radius 2 is 1.68 bits per heavy atom. The molecule has 1 aliphatic heterocycles. The third kappa shape index (κ3) is 5.88. The molecule has 1 aromatic heterocycles. The number of fused-ring (bicyclic) bond motifs is 1. The Bertz CT molecular complexity index is 1490. The van der Waals surface area contributed by atoms with Gasteiger partial charge in [-0.3, -0.25) is 9.59 Å². The molecule has 10 heteroatoms. The van der Waals surface area contributed by atoms with Crippen molar-refractivity contribution in [1.29, 1.82) is 0 Å². The molecule has 1 fully saturated rings. The molecule has 2 amide bonds. The third-order valence-corrected chi connectivity index (χ3v) is 8.61. The normalized spacial score (nSPS) is 14.0. The number of rotatable bonds is 7. The summed E-state index contributed by atoms with van der Waals surface area (Å²) in [6.45, 7) is 2.90. The van der Waals surface area contributed by atoms with Gasteiger partial charge in [0.1, 0.15) is 0 Å². The lowest BCUT2D eigenvalue weighted by Crippen LogP contribution is -2.47. The highest BCUT2D eigenvalue weighted by Gasteiger charge is 2.24. The van der Waals surface area contributed by atoms with E-state index in [1.807, 2.05) is 37.4 Å². The molecule has 0 atom stereocenters. The first-order valence-electron chi connectivity index (χ1n) is 12.1. The molecule has 8 nitrogen and oxygen atoms in total. The van der Waals surface area contributed by atoms with Crippen molar-refractivity contribution < 1.29 is 19.5 Å². The molecule has 38 heavy (non-hydrogen) atoms. The molecule has 2 N–H and O–H groups in total. The van der Waals surface area contributed by atoms with Crippen molar-refractivity contribution in [3.63, 3.8) is 0 Å². The molecule has 0 unspecified atom stereocenters. The Kier molecular flexibility index (Phi) is 7.73. The van der Waals surface area contributed by atoms with Gasteiger partial charge in [-0.05, 0) is 55.1 Å². The Labute approximate surface area is 228 Å². The maximum Gasteiger partial charge on any atom is 0.335 e. The van der Waals surface area contributed by atoms with E-state index >= 15 is 0 Å². The predicted octanol–water partition coefficient (Wildman–Crippen LogP) is 4.93. The fraction of sp³-hybridized carbons (Fsp3) is 0.214. The average Bonchev–Trinajstić information content (AvgIpc) is 3.34. The molecular formula is C28H26N4O4S2. The number of nitrogens with zero attached hydrogens (tertiary/aromatic N) is 3. The number of piperazine rings is 1. The van der Waals surface area contributed by atoms with Crippen LogP contribution in [0.4, 0.5) is 5.69 Å². The van der Waals surface area contributed by atoms with Crippen LogP contribution in [0.25, 0.3) is 10.2 Å². The van der Waals surface area contributed by atoms with Crippen LogP contribution in [0.15, 0.2) is 71.1 Å². The molecule has 0 radical (unpaired) electrons. The minimum Gasteiger partial charge on any atom is -0.478 e. The van der Waals surface area contributed by atoms with Crippen LogP contribution in [0.1, 0.15) is 36.6 Å². The summed E-state index contributed by atoms with van der Waals surface area (Å²) in [6, 6.07) is 19.3. The summed E-state index contributed by atoms with van der Waals surface area (Å²) in [5.74, 6) is -0.725. The van der Waals surface area contributed by atoms with Crippen LogP contribution in [0, 0.1) is 0 Å². The summed E-state index contributed by atoms with van der Waals surface area (Å²) in [4.78, 5) is 46.0. The fourth-order valence-corrected chi connectivity index (χ4v) is 6.24. The molecular weight excluding hydrogens is 520 g/mol. The quantitative estimate of drug-likeness (QED) is 0.317. The number of carbonyl (C=O) groups excluding carboxylic acids is 2. The first-order chi connectivity index (χ1) is 18.4. The van der Waals surface area contributed by atoms with Crippen LogP contribution in [0.2, 0.25) is 0 Å². The molecule has 5 rings (SSSR count). The highest BCUT2D eigenvalue weighted by molar-refractivity contribution is 8.00. The van der Waals surface area contributed by atoms with Crippen LogP contribution in [-0.4, -0.2) is 70.9 Å². The van der Waals surface area contributed by atoms with Gasteiger partial charge in [-0.25, -0.2) is 9.78 Å². The van der Waals surface area contributed by atoms with Gasteiger partial charge in [-0.2, -0.15) is 0 Å². The molecule has 1 saturated heterocycles. The molecule has 0 saturated carbocycles. The van der Waals surface area contributed by atoms with E-state index in [1.54, 1.807) is 53.1 Å². The number of amides is 2. The van der Waals surface area contributed by atoms with E-state index in [1.165, 1.54) is 11.3 Å². The lowest BCUT2D eigenvalue weighted by atomic mass is 10.0. The van der Waals surface area contributed by atoms with Crippen LogP contribution >= 0.6 is 23.1 Å². The number of likely N-dealkylation sites (N-methyl/N-ethyl adjacent to an activating group) is 1. The van der Waals surface area contributed by atoms with Crippen LogP contribution in [0.3, 0.4) is 0 Å². The lowest BCUT2D eigenvalue weighted by molar-refractivity contribution is 0.0659. The molecule has 0 aliphatic carbocycles. The van der Waals surface area contributed by atoms with Gasteiger partial charge in [0.2, 0.25) is 0 Å². The minimum atomic E-state index is -0.941. The van der Waals surface area contributed by atoms with Crippen molar-refractivity contribution in [3.05, 3.63) is 89.0 Å². The zero-order valence-corrected chi connectivity index (χ0v) is 22.3. The molecule has 1 aliphatic rings. The van der Waals surface area contributed by atoms with Crippen molar-refractivity contribution in [2.24, 2.45) is 0 Å². The maximum absolute atomic E-state index is 13.2. The number of carboxylic acids is 1. The summed E-state index contributed by atoms with van der Waals surface area (Å²) in [5, 5.41) is 12.0. The van der Waals surface area contributed by atoms with Crippen LogP contribution in [-0.2, 0) is 5.75 Å². The molecule has 194 valence electrons. The first-order valence-corrected chi connectivity index (χ1v) is 13.9. The number of thiazole rings is 1. The van der Waals surface area contributed by atoms with Crippen LogP contribution < -0.4 is 5.32 Å². The van der Waals surface area contributed by atoms with E-state index in [0.717, 1.165) is 33.2 Å². The topological polar surface area (TPSA) is 103 Å². The van der Waals surface area contributed by atoms with E-state index in [2.05, 4.69) is 15.2 Å². The summed E-state index contributed by atoms with van der Waals surface area (Å²) in [5.41, 5.74) is 3.50. The summed E-state index contributed by atoms with van der Waals surface area (Å²) in [7, 11) is 2.03. The monoisotopic (exact) mass is 546 g/mol. The molecule has 3 aromatic carbocycles. The van der Waals surface area contributed by atoms with Gasteiger partial charge in [0.15, 0.2) is 4.34 Å². The molecule has 4 aromatic rings. The Balaban J connectivity index is 1.26. The number of thioether (sulfide) groups is 1. The Hall–Kier alpha value is -3.73. The minimum absolute atomic E-state index is 0.124. The van der Waals surface area contributed by atoms with Gasteiger partial charge in [0.05, 0.1) is 26.9 Å². The van der Waals surface area contributed by atoms with Gasteiger partial charge in [0.25, 0.3) is 11.8 Å². The molecule has 2 heterocycles. The van der Waals surface area contributed by atoms with E-state index in [-0.39, 0.29) is 17.4 Å². The average molecular weight is 547 g/mol. The van der Waals surface area contributed by atoms with Gasteiger partial charge >= 0.3 is 5.97 Å². The maximum atomic E-state index is 13.2. The molecule has 0 spiro atoms. The van der Waals surface area contributed by atoms with E-state index < -0.39 is 5.97 Å². The van der Waals surface area contributed by atoms with Crippen LogP contribution in [0.5, 0.6) is 0 Å². The second kappa shape index (κ2) is 11.3. The number of hydrogen-bond acceptors (Lipinski definition) is 7. The number of aromatic nitrogens is 1. The number of aromatic carboxylic acids is 1. The zero-order valence-electron chi connectivity index (χ0n) is 20.7. The van der Waals surface area contributed by atoms with Gasteiger partial charge in [-0.15, -0.1) is 11.3 Å². The largest absolute Gasteiger partial charge is 0.478 e. The van der Waals surface area contributed by atoms with Crippen molar-refractivity contribution in [2.75, 3.05) is 38.5 Å². The van der Waals surface area contributed by atoms with Gasteiger partial charge in [0, 0.05) is 37.6 Å². The van der Waals surface area contributed by atoms with Crippen molar-refractivity contribution in [1.82, 2.24) is 14.8 Å². The second-order valence-electron chi connectivity index (χ2n) is 9.05. The SMILES string of the molecule is CN1CCN(C(=O)c2ccccc2C(=O)Nc2ccc3nc(SCc4ccc(C(=O)O)cc4)sc3c2)CC1. The smallest absolute Gasteiger partial charge is 0.335 e. The summed E-state index contributed by atoms with van der Waals surface area (Å²) < 4.78 is 1.82. The third-order valence-electron chi connectivity index (χ3n) is 6.38. The summed E-state index contributed by atoms with van der Waals surface area (Å²) >= 11 is 3.11. The van der Waals surface area contributed by atoms with Crippen molar-refractivity contribution >= 4 is 56.8 Å². The van der Waals surface area contributed by atoms with Gasteiger partial charge in [-0.1, -0.05) is 36.0 Å². The van der Waals surface area contributed by atoms with E-state index in [9.17, 15) is 14.4 Å². The number of nitrogens with one attached hydrogen (secondary N) is 1. The number of hydrogen-bond donors (Lipinski definition) is 2. The first kappa shape index (κ1) is 25.9. The predicted molar refractivity (Wildman–Crippen MR) is 150 cm³/mol. The Morgan fingerprint density at radius 3 is 2.39 bits per heavy atom. The highest BCUT2D eigenvalue weighted by Crippen LogP contribution is 2.33. The number of benzene rings is 3. The highest BCUT2D eigenvalue weighted by atomic mass is 32.2. The van der Waals surface area contributed by atoms with E-state index in [0.29, 0.717) is 35.7 Å². The second-order valence-corrected chi connectivity index (χ2v) is 11.3. The number of carboxylic acid groups (broad SMARTS) is 1. The fourth-order valence-electron chi connectivity index (χ4n) is 4.18. The Morgan fingerprint density at radius 1 is 0.974 bits per heavy atom. The lowest BCUT2D eigenvalue weighted by Gasteiger charge is -2.32. The molecule has 0 bridgehead atoms. The van der Waals surface area contributed by atoms with Gasteiger partial charge < -0.3 is 20.2 Å². The van der Waals surface area contributed by atoms with E-state index in [4.69, 9.17) is 5.11 Å². The van der Waals surface area contributed by atoms with Crippen molar-refractivity contribution in [3.8, 4) is 0 Å². The number of anilines is 1.